The first kappa shape index (κ1) is 50.5. The van der Waals surface area contributed by atoms with Crippen molar-refractivity contribution in [2.45, 2.75) is 99.7 Å². The van der Waals surface area contributed by atoms with Crippen molar-refractivity contribution in [3.63, 3.8) is 0 Å². The second kappa shape index (κ2) is 19.8. The zero-order chi connectivity index (χ0) is 51.9. The quantitative estimate of drug-likeness (QED) is 0.129. The molecule has 3 saturated heterocycles. The third-order valence-electron chi connectivity index (χ3n) is 15.0. The average Bonchev–Trinajstić information content (AvgIpc) is 3.94. The maximum atomic E-state index is 9.44. The van der Waals surface area contributed by atoms with Crippen LogP contribution in [0.3, 0.4) is 0 Å². The molecule has 0 unspecified atom stereocenters. The summed E-state index contributed by atoms with van der Waals surface area (Å²) in [6, 6.07) is 85.7. The standard InChI is InChI=1S/C62H59N4O4P.C3H6O/c1-57(2)67-53-54(68-57)60(47-33-17-7-18-34-47,48-35-19-8-20-36-48)64-71(63-59(53,45-29-13-5-14-30-45)46-31-15-6-16-32-46)65-61(49-37-21-9-22-38-49,50-39-23-10-24-40-50)55-56(70-58(3,4)69-55)62(66-71,51-41-25-11-26-42-51)52-43-27-12-28-44-52;1-3(2)4/h5-44,53-56,63-65H,1-4H3;1-2H3/t53-,54-,55-,56-;/m1./s1. The summed E-state index contributed by atoms with van der Waals surface area (Å²) in [5, 5.41) is 13.9. The lowest BCUT2D eigenvalue weighted by molar-refractivity contribution is -0.156. The molecule has 0 saturated carbocycles. The second-order valence-electron chi connectivity index (χ2n) is 21.1. The number of ketones is 1. The van der Waals surface area contributed by atoms with E-state index in [1.165, 1.54) is 13.8 Å². The summed E-state index contributed by atoms with van der Waals surface area (Å²) in [7, 11) is -3.82. The Kier molecular flexibility index (Phi) is 13.4. The third-order valence-corrected chi connectivity index (χ3v) is 17.7. The van der Waals surface area contributed by atoms with Gasteiger partial charge in [0.2, 0.25) is 0 Å². The van der Waals surface area contributed by atoms with Gasteiger partial charge in [0, 0.05) is 0 Å². The lowest BCUT2D eigenvalue weighted by Crippen LogP contribution is -2.60. The molecule has 0 aliphatic carbocycles. The molecule has 3 N–H and O–H groups in total. The van der Waals surface area contributed by atoms with Gasteiger partial charge in [-0.05, 0) is 86.1 Å². The van der Waals surface area contributed by atoms with Crippen LogP contribution in [0.25, 0.3) is 0 Å². The lowest BCUT2D eigenvalue weighted by atomic mass is 9.69. The van der Waals surface area contributed by atoms with Crippen LogP contribution in [0.15, 0.2) is 247 Å². The van der Waals surface area contributed by atoms with E-state index < -0.39 is 65.7 Å². The topological polar surface area (TPSA) is 102 Å². The van der Waals surface area contributed by atoms with Crippen LogP contribution in [0.4, 0.5) is 0 Å². The molecule has 4 aliphatic heterocycles. The van der Waals surface area contributed by atoms with Gasteiger partial charge in [-0.25, -0.2) is 20.0 Å². The van der Waals surface area contributed by atoms with Crippen molar-refractivity contribution in [1.82, 2.24) is 15.3 Å². The first-order chi connectivity index (χ1) is 36.3. The zero-order valence-electron chi connectivity index (χ0n) is 43.3. The van der Waals surface area contributed by atoms with E-state index in [0.717, 1.165) is 44.5 Å². The number of carbonyl (C=O) groups excluding carboxylic acids is 1. The molecule has 1 spiro atoms. The molecule has 8 aromatic rings. The number of nitrogens with zero attached hydrogens (tertiary/aromatic N) is 1. The van der Waals surface area contributed by atoms with Crippen molar-refractivity contribution >= 4 is 13.3 Å². The van der Waals surface area contributed by atoms with Crippen molar-refractivity contribution in [2.75, 3.05) is 0 Å². The van der Waals surface area contributed by atoms with E-state index in [9.17, 15) is 4.79 Å². The molecule has 0 amide bonds. The van der Waals surface area contributed by atoms with E-state index in [4.69, 9.17) is 23.7 Å². The van der Waals surface area contributed by atoms with Gasteiger partial charge in [0.1, 0.15) is 52.4 Å². The number of Topliss-reactive ketones (excluding diaryl/α,β-unsaturated/α-hetero) is 1. The SMILES string of the molecule is CC(C)=O.CC1(C)O[C@@H]2[C@@H](O1)C(c1ccccc1)(c1ccccc1)NP1(=NC2(c2ccccc2)c2ccccc2)NC(c2ccccc2)(c2ccccc2)[C@@H]2OC(C)(C)O[C@H]2C(c2ccccc2)(c2ccccc2)N1. The van der Waals surface area contributed by atoms with Gasteiger partial charge in [0.25, 0.3) is 0 Å². The van der Waals surface area contributed by atoms with Crippen molar-refractivity contribution in [3.8, 4) is 0 Å². The Balaban J connectivity index is 0.00000146. The molecule has 8 aromatic carbocycles. The fourth-order valence-corrected chi connectivity index (χ4v) is 16.1. The molecule has 0 aromatic heterocycles. The van der Waals surface area contributed by atoms with Crippen molar-refractivity contribution in [3.05, 3.63) is 287 Å². The summed E-state index contributed by atoms with van der Waals surface area (Å²) < 4.78 is 37.3. The van der Waals surface area contributed by atoms with Gasteiger partial charge in [0.05, 0.1) is 0 Å². The average molecular weight is 1010 g/mol. The minimum absolute atomic E-state index is 0.167. The first-order valence-corrected chi connectivity index (χ1v) is 27.7. The predicted octanol–water partition coefficient (Wildman–Crippen LogP) is 13.1. The molecule has 4 heterocycles. The molecule has 380 valence electrons. The number of carbonyl (C=O) groups is 1. The van der Waals surface area contributed by atoms with Gasteiger partial charge >= 0.3 is 0 Å². The summed E-state index contributed by atoms with van der Waals surface area (Å²) in [5.41, 5.74) is 3.11. The number of benzene rings is 8. The van der Waals surface area contributed by atoms with Crippen LogP contribution in [0.1, 0.15) is 86.1 Å². The fourth-order valence-electron chi connectivity index (χ4n) is 12.3. The maximum absolute atomic E-state index is 9.44. The van der Waals surface area contributed by atoms with Crippen molar-refractivity contribution < 1.29 is 23.7 Å². The van der Waals surface area contributed by atoms with Crippen LogP contribution >= 0.6 is 7.51 Å². The highest BCUT2D eigenvalue weighted by Crippen LogP contribution is 2.67. The second-order valence-corrected chi connectivity index (χ2v) is 23.2. The molecule has 4 atom stereocenters. The normalized spacial score (nSPS) is 23.9. The number of fused-ring (bicyclic) bond motifs is 2. The van der Waals surface area contributed by atoms with E-state index in [1.54, 1.807) is 0 Å². The van der Waals surface area contributed by atoms with Gasteiger partial charge in [-0.3, -0.25) is 0 Å². The number of hydrogen-bond acceptors (Lipinski definition) is 9. The van der Waals surface area contributed by atoms with Gasteiger partial charge in [-0.2, -0.15) is 0 Å². The molecule has 9 nitrogen and oxygen atoms in total. The third kappa shape index (κ3) is 8.75. The van der Waals surface area contributed by atoms with Crippen molar-refractivity contribution in [2.24, 2.45) is 4.74 Å². The molecule has 75 heavy (non-hydrogen) atoms. The van der Waals surface area contributed by atoms with E-state index in [0.29, 0.717) is 0 Å². The zero-order valence-corrected chi connectivity index (χ0v) is 44.2. The Morgan fingerprint density at radius 2 is 0.533 bits per heavy atom. The number of rotatable bonds is 8. The van der Waals surface area contributed by atoms with Crippen LogP contribution in [-0.2, 0) is 45.9 Å². The number of hydrogen-bond donors (Lipinski definition) is 3. The minimum atomic E-state index is -3.82. The lowest BCUT2D eigenvalue weighted by Gasteiger charge is -2.48. The molecule has 3 fully saturated rings. The molecule has 10 heteroatoms. The van der Waals surface area contributed by atoms with Crippen LogP contribution in [0.5, 0.6) is 0 Å². The van der Waals surface area contributed by atoms with Crippen LogP contribution in [0, 0.1) is 0 Å². The Bertz CT molecular complexity index is 3010. The Hall–Kier alpha value is -6.62. The van der Waals surface area contributed by atoms with E-state index in [1.807, 2.05) is 27.7 Å². The summed E-state index contributed by atoms with van der Waals surface area (Å²) in [6.07, 6.45) is -2.80. The molecule has 12 rings (SSSR count). The number of nitrogens with one attached hydrogen (secondary N) is 3. The molecule has 0 radical (unpaired) electrons. The highest BCUT2D eigenvalue weighted by atomic mass is 31.2. The summed E-state index contributed by atoms with van der Waals surface area (Å²) in [5.74, 6) is -1.90. The molecule has 0 bridgehead atoms. The first-order valence-electron chi connectivity index (χ1n) is 25.9. The number of ether oxygens (including phenoxy) is 4. The Morgan fingerprint density at radius 1 is 0.347 bits per heavy atom. The summed E-state index contributed by atoms with van der Waals surface area (Å²) in [6.45, 7) is 11.2. The van der Waals surface area contributed by atoms with Crippen LogP contribution < -0.4 is 15.3 Å². The minimum Gasteiger partial charge on any atom is -0.342 e. The van der Waals surface area contributed by atoms with Gasteiger partial charge in [-0.1, -0.05) is 243 Å². The van der Waals surface area contributed by atoms with E-state index >= 15 is 0 Å². The van der Waals surface area contributed by atoms with Gasteiger partial charge in [-0.15, -0.1) is 0 Å². The van der Waals surface area contributed by atoms with E-state index in [2.05, 4.69) is 258 Å². The molecular weight excluding hydrogens is 948 g/mol. The fraction of sp³-hybridized carbons (Fsp3) is 0.246. The smallest absolute Gasteiger partial charge is 0.164 e. The monoisotopic (exact) mass is 1010 g/mol. The van der Waals surface area contributed by atoms with Crippen LogP contribution in [-0.4, -0.2) is 41.8 Å². The summed E-state index contributed by atoms with van der Waals surface area (Å²) >= 11 is 0. The highest BCUT2D eigenvalue weighted by Gasteiger charge is 2.71. The molecule has 4 aliphatic rings. The maximum Gasteiger partial charge on any atom is 0.164 e. The van der Waals surface area contributed by atoms with Gasteiger partial charge < -0.3 is 23.7 Å². The van der Waals surface area contributed by atoms with Crippen molar-refractivity contribution in [1.29, 1.82) is 0 Å². The van der Waals surface area contributed by atoms with Gasteiger partial charge in [0.15, 0.2) is 19.1 Å². The van der Waals surface area contributed by atoms with E-state index in [-0.39, 0.29) is 5.78 Å². The summed E-state index contributed by atoms with van der Waals surface area (Å²) in [4.78, 5) is 9.44. The Labute approximate surface area is 441 Å². The molecular formula is C65H65N4O5P. The highest BCUT2D eigenvalue weighted by molar-refractivity contribution is 7.60. The predicted molar refractivity (Wildman–Crippen MR) is 297 cm³/mol. The van der Waals surface area contributed by atoms with Crippen LogP contribution in [0.2, 0.25) is 0 Å². The Morgan fingerprint density at radius 3 is 0.760 bits per heavy atom. The largest absolute Gasteiger partial charge is 0.342 e.